The first-order valence-corrected chi connectivity index (χ1v) is 19.2. The Morgan fingerprint density at radius 3 is 1.83 bits per heavy atom. The molecule has 1 aliphatic rings. The van der Waals surface area contributed by atoms with E-state index >= 15 is 0 Å². The van der Waals surface area contributed by atoms with Crippen molar-refractivity contribution in [1.82, 2.24) is 0 Å². The maximum absolute atomic E-state index is 2.48. The molecule has 10 rings (SSSR count). The van der Waals surface area contributed by atoms with Crippen LogP contribution in [0.15, 0.2) is 188 Å². The van der Waals surface area contributed by atoms with Gasteiger partial charge in [0.1, 0.15) is 0 Å². The molecule has 0 unspecified atom stereocenters. The number of nitrogens with zero attached hydrogens (tertiary/aromatic N) is 1. The highest BCUT2D eigenvalue weighted by Gasteiger charge is 2.37. The summed E-state index contributed by atoms with van der Waals surface area (Å²) in [5.41, 5.74) is 16.0. The van der Waals surface area contributed by atoms with E-state index in [0.717, 1.165) is 17.1 Å². The van der Waals surface area contributed by atoms with Crippen LogP contribution >= 0.6 is 11.3 Å². The van der Waals surface area contributed by atoms with Crippen molar-refractivity contribution in [2.24, 2.45) is 0 Å². The smallest absolute Gasteiger partial charge is 0.0540 e. The van der Waals surface area contributed by atoms with E-state index in [2.05, 4.69) is 207 Å². The summed E-state index contributed by atoms with van der Waals surface area (Å²) in [6.45, 7) is 4.72. The molecule has 0 radical (unpaired) electrons. The molecule has 1 aliphatic carbocycles. The van der Waals surface area contributed by atoms with E-state index in [4.69, 9.17) is 0 Å². The summed E-state index contributed by atoms with van der Waals surface area (Å²) in [4.78, 5) is 2.48. The number of hydrogen-bond donors (Lipinski definition) is 0. The third kappa shape index (κ3) is 5.13. The highest BCUT2D eigenvalue weighted by molar-refractivity contribution is 7.25. The Morgan fingerprint density at radius 1 is 0.396 bits per heavy atom. The summed E-state index contributed by atoms with van der Waals surface area (Å²) in [5, 5.41) is 2.64. The molecule has 0 saturated heterocycles. The van der Waals surface area contributed by atoms with Crippen molar-refractivity contribution in [1.29, 1.82) is 0 Å². The molecule has 0 bridgehead atoms. The highest BCUT2D eigenvalue weighted by atomic mass is 32.1. The van der Waals surface area contributed by atoms with Gasteiger partial charge in [0.2, 0.25) is 0 Å². The standard InChI is InChI=1S/C51H37NS/c1-51(2)44-25-10-6-23-43(44)50-42(24-15-26-45(50)51)39-21-8-12-28-47(39)52(46-27-11-7-20-38(46)34-16-4-3-5-17-34)37-19-14-18-35(32-37)36-30-31-41-40-22-9-13-29-48(40)53-49(41)33-36/h3-33H,1-2H3. The zero-order valence-corrected chi connectivity index (χ0v) is 30.6. The molecule has 252 valence electrons. The lowest BCUT2D eigenvalue weighted by molar-refractivity contribution is 0.660. The van der Waals surface area contributed by atoms with Crippen LogP contribution in [0.25, 0.3) is 64.7 Å². The van der Waals surface area contributed by atoms with Crippen LogP contribution in [0.3, 0.4) is 0 Å². The van der Waals surface area contributed by atoms with Crippen molar-refractivity contribution in [2.45, 2.75) is 19.3 Å². The number of benzene rings is 8. The maximum Gasteiger partial charge on any atom is 0.0540 e. The Morgan fingerprint density at radius 2 is 0.981 bits per heavy atom. The normalized spacial score (nSPS) is 12.9. The third-order valence-electron chi connectivity index (χ3n) is 11.1. The van der Waals surface area contributed by atoms with Gasteiger partial charge in [-0.25, -0.2) is 0 Å². The summed E-state index contributed by atoms with van der Waals surface area (Å²) in [5.74, 6) is 0. The fourth-order valence-corrected chi connectivity index (χ4v) is 9.69. The monoisotopic (exact) mass is 695 g/mol. The Bertz CT molecular complexity index is 2820. The van der Waals surface area contributed by atoms with Gasteiger partial charge in [0.25, 0.3) is 0 Å². The van der Waals surface area contributed by atoms with Crippen LogP contribution in [0.1, 0.15) is 25.0 Å². The van der Waals surface area contributed by atoms with E-state index in [1.807, 2.05) is 11.3 Å². The van der Waals surface area contributed by atoms with Crippen LogP contribution in [0.5, 0.6) is 0 Å². The Labute approximate surface area is 315 Å². The van der Waals surface area contributed by atoms with Gasteiger partial charge in [0.05, 0.1) is 11.4 Å². The lowest BCUT2D eigenvalue weighted by Gasteiger charge is -2.30. The second-order valence-electron chi connectivity index (χ2n) is 14.5. The van der Waals surface area contributed by atoms with Crippen LogP contribution in [-0.2, 0) is 5.41 Å². The van der Waals surface area contributed by atoms with Crippen LogP contribution in [-0.4, -0.2) is 0 Å². The number of hydrogen-bond acceptors (Lipinski definition) is 2. The minimum atomic E-state index is -0.0830. The molecular formula is C51H37NS. The van der Waals surface area contributed by atoms with E-state index in [9.17, 15) is 0 Å². The minimum absolute atomic E-state index is 0.0830. The van der Waals surface area contributed by atoms with Gasteiger partial charge in [0.15, 0.2) is 0 Å². The van der Waals surface area contributed by atoms with Gasteiger partial charge in [-0.3, -0.25) is 0 Å². The molecule has 1 nitrogen and oxygen atoms in total. The molecule has 0 saturated carbocycles. The van der Waals surface area contributed by atoms with Crippen molar-refractivity contribution < 1.29 is 0 Å². The van der Waals surface area contributed by atoms with Crippen LogP contribution < -0.4 is 4.90 Å². The number of thiophene rings is 1. The number of fused-ring (bicyclic) bond motifs is 6. The fourth-order valence-electron chi connectivity index (χ4n) is 8.54. The zero-order chi connectivity index (χ0) is 35.5. The van der Waals surface area contributed by atoms with Gasteiger partial charge in [-0.15, -0.1) is 11.3 Å². The quantitative estimate of drug-likeness (QED) is 0.167. The summed E-state index contributed by atoms with van der Waals surface area (Å²) in [7, 11) is 0. The van der Waals surface area contributed by atoms with Gasteiger partial charge in [0, 0.05) is 42.4 Å². The molecule has 2 heteroatoms. The maximum atomic E-state index is 2.48. The SMILES string of the molecule is CC1(C)c2ccccc2-c2c(-c3ccccc3N(c3cccc(-c4ccc5c(c4)sc4ccccc45)c3)c3ccccc3-c3ccccc3)cccc21. The Balaban J connectivity index is 1.20. The van der Waals surface area contributed by atoms with Crippen molar-refractivity contribution in [3.8, 4) is 44.5 Å². The van der Waals surface area contributed by atoms with Gasteiger partial charge >= 0.3 is 0 Å². The lowest BCUT2D eigenvalue weighted by Crippen LogP contribution is -2.15. The first-order valence-electron chi connectivity index (χ1n) is 18.4. The van der Waals surface area contributed by atoms with E-state index in [1.54, 1.807) is 0 Å². The molecule has 1 aromatic heterocycles. The predicted octanol–water partition coefficient (Wildman–Crippen LogP) is 14.8. The van der Waals surface area contributed by atoms with Gasteiger partial charge in [-0.05, 0) is 80.9 Å². The van der Waals surface area contributed by atoms with Gasteiger partial charge in [-0.2, -0.15) is 0 Å². The minimum Gasteiger partial charge on any atom is -0.309 e. The second kappa shape index (κ2) is 12.5. The summed E-state index contributed by atoms with van der Waals surface area (Å²) >= 11 is 1.87. The average molecular weight is 696 g/mol. The van der Waals surface area contributed by atoms with Crippen molar-refractivity contribution in [3.05, 3.63) is 199 Å². The average Bonchev–Trinajstić information content (AvgIpc) is 3.70. The van der Waals surface area contributed by atoms with Gasteiger partial charge in [-0.1, -0.05) is 166 Å². The predicted molar refractivity (Wildman–Crippen MR) is 228 cm³/mol. The first-order chi connectivity index (χ1) is 26.1. The largest absolute Gasteiger partial charge is 0.309 e. The van der Waals surface area contributed by atoms with Crippen LogP contribution in [0, 0.1) is 0 Å². The zero-order valence-electron chi connectivity index (χ0n) is 29.8. The topological polar surface area (TPSA) is 3.24 Å². The number of anilines is 3. The van der Waals surface area contributed by atoms with E-state index < -0.39 is 0 Å². The number of para-hydroxylation sites is 2. The van der Waals surface area contributed by atoms with Crippen molar-refractivity contribution in [3.63, 3.8) is 0 Å². The molecular weight excluding hydrogens is 659 g/mol. The second-order valence-corrected chi connectivity index (χ2v) is 15.6. The molecule has 8 aromatic carbocycles. The van der Waals surface area contributed by atoms with E-state index in [0.29, 0.717) is 0 Å². The van der Waals surface area contributed by atoms with E-state index in [-0.39, 0.29) is 5.41 Å². The van der Waals surface area contributed by atoms with Crippen molar-refractivity contribution >= 4 is 48.6 Å². The Hall–Kier alpha value is -6.22. The summed E-state index contributed by atoms with van der Waals surface area (Å²) < 4.78 is 2.64. The Kier molecular flexibility index (Phi) is 7.42. The fraction of sp³-hybridized carbons (Fsp3) is 0.0588. The highest BCUT2D eigenvalue weighted by Crippen LogP contribution is 2.54. The van der Waals surface area contributed by atoms with Crippen molar-refractivity contribution in [2.75, 3.05) is 4.90 Å². The molecule has 9 aromatic rings. The molecule has 1 heterocycles. The summed E-state index contributed by atoms with van der Waals surface area (Å²) in [6, 6.07) is 69.1. The first kappa shape index (κ1) is 31.5. The molecule has 0 atom stereocenters. The number of rotatable bonds is 6. The van der Waals surface area contributed by atoms with Gasteiger partial charge < -0.3 is 4.90 Å². The van der Waals surface area contributed by atoms with E-state index in [1.165, 1.54) is 75.8 Å². The molecule has 53 heavy (non-hydrogen) atoms. The molecule has 0 N–H and O–H groups in total. The lowest BCUT2D eigenvalue weighted by atomic mass is 9.82. The molecule has 0 spiro atoms. The third-order valence-corrected chi connectivity index (χ3v) is 12.2. The molecule has 0 aliphatic heterocycles. The van der Waals surface area contributed by atoms with Crippen LogP contribution in [0.4, 0.5) is 17.1 Å². The molecule has 0 fully saturated rings. The van der Waals surface area contributed by atoms with Crippen LogP contribution in [0.2, 0.25) is 0 Å². The molecule has 0 amide bonds. The summed E-state index contributed by atoms with van der Waals surface area (Å²) in [6.07, 6.45) is 0.